The molecule has 0 heterocycles. The zero-order valence-corrected chi connectivity index (χ0v) is 16.9. The van der Waals surface area contributed by atoms with Crippen LogP contribution in [0.2, 0.25) is 0 Å². The number of carbonyl (C=O) groups is 2. The Kier molecular flexibility index (Phi) is 6.85. The summed E-state index contributed by atoms with van der Waals surface area (Å²) in [6.45, 7) is 4.29. The molecule has 2 aromatic carbocycles. The minimum atomic E-state index is -0.502. The van der Waals surface area contributed by atoms with Crippen molar-refractivity contribution < 1.29 is 9.59 Å². The van der Waals surface area contributed by atoms with Crippen LogP contribution in [0.25, 0.3) is 0 Å². The molecular formula is C24H30N2O2. The molecule has 2 amide bonds. The van der Waals surface area contributed by atoms with E-state index in [9.17, 15) is 9.59 Å². The van der Waals surface area contributed by atoms with E-state index in [1.54, 1.807) is 4.90 Å². The van der Waals surface area contributed by atoms with Gasteiger partial charge < -0.3 is 10.2 Å². The number of amides is 2. The van der Waals surface area contributed by atoms with Crippen LogP contribution in [0.3, 0.4) is 0 Å². The van der Waals surface area contributed by atoms with Gasteiger partial charge in [0.15, 0.2) is 0 Å². The van der Waals surface area contributed by atoms with Crippen molar-refractivity contribution in [2.45, 2.75) is 64.6 Å². The molecule has 0 saturated heterocycles. The second-order valence-electron chi connectivity index (χ2n) is 7.84. The Hall–Kier alpha value is -2.62. The molecule has 0 aromatic heterocycles. The van der Waals surface area contributed by atoms with Crippen molar-refractivity contribution in [1.82, 2.24) is 10.2 Å². The summed E-state index contributed by atoms with van der Waals surface area (Å²) in [5.41, 5.74) is 3.14. The number of hydrogen-bond donors (Lipinski definition) is 1. The molecule has 0 radical (unpaired) electrons. The third kappa shape index (κ3) is 5.44. The van der Waals surface area contributed by atoms with Crippen LogP contribution in [0.5, 0.6) is 0 Å². The van der Waals surface area contributed by atoms with E-state index >= 15 is 0 Å². The van der Waals surface area contributed by atoms with Crippen molar-refractivity contribution in [3.05, 3.63) is 71.3 Å². The molecule has 0 aliphatic heterocycles. The molecule has 28 heavy (non-hydrogen) atoms. The largest absolute Gasteiger partial charge is 0.352 e. The predicted octanol–water partition coefficient (Wildman–Crippen LogP) is 4.01. The lowest BCUT2D eigenvalue weighted by molar-refractivity contribution is -0.140. The van der Waals surface area contributed by atoms with Gasteiger partial charge in [0.1, 0.15) is 6.04 Å². The summed E-state index contributed by atoms with van der Waals surface area (Å²) in [7, 11) is 0. The second kappa shape index (κ2) is 9.54. The highest BCUT2D eigenvalue weighted by Gasteiger charge is 2.28. The van der Waals surface area contributed by atoms with Gasteiger partial charge in [0.25, 0.3) is 0 Å². The number of nitrogens with zero attached hydrogens (tertiary/aromatic N) is 1. The molecule has 4 heteroatoms. The number of rotatable bonds is 7. The standard InChI is InChI=1S/C24H30N2O2/c1-18-9-8-12-21(15-18)16-23(27)26(17-20-10-4-3-5-11-20)19(2)24(28)25-22-13-6-7-14-22/h3-5,8-12,15,19,22H,6-7,13-14,16-17H2,1-2H3,(H,25,28)/t19-/m1/s1. The van der Waals surface area contributed by atoms with Crippen molar-refractivity contribution in [3.8, 4) is 0 Å². The molecule has 0 bridgehead atoms. The molecule has 1 fully saturated rings. The molecule has 1 saturated carbocycles. The van der Waals surface area contributed by atoms with E-state index in [-0.39, 0.29) is 17.9 Å². The summed E-state index contributed by atoms with van der Waals surface area (Å²) in [5.74, 6) is -0.0797. The first-order valence-corrected chi connectivity index (χ1v) is 10.2. The molecule has 0 unspecified atom stereocenters. The lowest BCUT2D eigenvalue weighted by Gasteiger charge is -2.30. The molecule has 1 N–H and O–H groups in total. The van der Waals surface area contributed by atoms with Crippen LogP contribution in [-0.2, 0) is 22.6 Å². The lowest BCUT2D eigenvalue weighted by Crippen LogP contribution is -2.50. The number of benzene rings is 2. The van der Waals surface area contributed by atoms with Gasteiger partial charge in [-0.1, -0.05) is 73.0 Å². The Balaban J connectivity index is 1.75. The van der Waals surface area contributed by atoms with E-state index < -0.39 is 6.04 Å². The van der Waals surface area contributed by atoms with E-state index in [0.717, 1.165) is 29.5 Å². The number of carbonyl (C=O) groups excluding carboxylic acids is 2. The Morgan fingerprint density at radius 1 is 1.04 bits per heavy atom. The van der Waals surface area contributed by atoms with Crippen molar-refractivity contribution >= 4 is 11.8 Å². The third-order valence-electron chi connectivity index (χ3n) is 5.50. The van der Waals surface area contributed by atoms with Gasteiger partial charge in [0, 0.05) is 12.6 Å². The van der Waals surface area contributed by atoms with Crippen LogP contribution in [-0.4, -0.2) is 28.8 Å². The quantitative estimate of drug-likeness (QED) is 0.791. The van der Waals surface area contributed by atoms with Crippen LogP contribution in [0.15, 0.2) is 54.6 Å². The fourth-order valence-electron chi connectivity index (χ4n) is 3.85. The monoisotopic (exact) mass is 378 g/mol. The second-order valence-corrected chi connectivity index (χ2v) is 7.84. The molecule has 1 aliphatic rings. The van der Waals surface area contributed by atoms with Gasteiger partial charge in [-0.3, -0.25) is 9.59 Å². The third-order valence-corrected chi connectivity index (χ3v) is 5.50. The molecule has 3 rings (SSSR count). The summed E-state index contributed by atoms with van der Waals surface area (Å²) in [5, 5.41) is 3.14. The fraction of sp³-hybridized carbons (Fsp3) is 0.417. The van der Waals surface area contributed by atoms with Crippen LogP contribution in [0.1, 0.15) is 49.3 Å². The summed E-state index contributed by atoms with van der Waals surface area (Å²) in [4.78, 5) is 27.7. The Bertz CT molecular complexity index is 797. The molecule has 4 nitrogen and oxygen atoms in total. The van der Waals surface area contributed by atoms with E-state index in [4.69, 9.17) is 0 Å². The first kappa shape index (κ1) is 20.1. The normalized spacial score (nSPS) is 15.2. The van der Waals surface area contributed by atoms with E-state index in [2.05, 4.69) is 5.32 Å². The SMILES string of the molecule is Cc1cccc(CC(=O)N(Cc2ccccc2)[C@H](C)C(=O)NC2CCCC2)c1. The van der Waals surface area contributed by atoms with Crippen LogP contribution >= 0.6 is 0 Å². The zero-order chi connectivity index (χ0) is 19.9. The molecule has 2 aromatic rings. The fourth-order valence-corrected chi connectivity index (χ4v) is 3.85. The maximum absolute atomic E-state index is 13.2. The Morgan fingerprint density at radius 2 is 1.71 bits per heavy atom. The maximum Gasteiger partial charge on any atom is 0.242 e. The van der Waals surface area contributed by atoms with Crippen molar-refractivity contribution in [2.24, 2.45) is 0 Å². The average molecular weight is 379 g/mol. The number of nitrogens with one attached hydrogen (secondary N) is 1. The van der Waals surface area contributed by atoms with Gasteiger partial charge in [-0.25, -0.2) is 0 Å². The van der Waals surface area contributed by atoms with Gasteiger partial charge >= 0.3 is 0 Å². The van der Waals surface area contributed by atoms with Gasteiger partial charge in [-0.2, -0.15) is 0 Å². The number of hydrogen-bond acceptors (Lipinski definition) is 2. The summed E-state index contributed by atoms with van der Waals surface area (Å²) in [6.07, 6.45) is 4.71. The summed E-state index contributed by atoms with van der Waals surface area (Å²) in [6, 6.07) is 17.6. The highest BCUT2D eigenvalue weighted by atomic mass is 16.2. The first-order chi connectivity index (χ1) is 13.5. The van der Waals surface area contributed by atoms with E-state index in [1.165, 1.54) is 12.8 Å². The van der Waals surface area contributed by atoms with Crippen LogP contribution < -0.4 is 5.32 Å². The Labute approximate surface area is 167 Å². The van der Waals surface area contributed by atoms with Crippen LogP contribution in [0.4, 0.5) is 0 Å². The maximum atomic E-state index is 13.2. The minimum Gasteiger partial charge on any atom is -0.352 e. The van der Waals surface area contributed by atoms with Gasteiger partial charge in [0.05, 0.1) is 6.42 Å². The predicted molar refractivity (Wildman–Crippen MR) is 112 cm³/mol. The highest BCUT2D eigenvalue weighted by molar-refractivity contribution is 5.88. The number of aryl methyl sites for hydroxylation is 1. The van der Waals surface area contributed by atoms with E-state index in [0.29, 0.717) is 13.0 Å². The van der Waals surface area contributed by atoms with Gasteiger partial charge in [-0.05, 0) is 37.8 Å². The average Bonchev–Trinajstić information content (AvgIpc) is 3.19. The molecular weight excluding hydrogens is 348 g/mol. The molecule has 0 spiro atoms. The zero-order valence-electron chi connectivity index (χ0n) is 16.9. The van der Waals surface area contributed by atoms with Gasteiger partial charge in [-0.15, -0.1) is 0 Å². The molecule has 1 aliphatic carbocycles. The lowest BCUT2D eigenvalue weighted by atomic mass is 10.1. The van der Waals surface area contributed by atoms with Crippen molar-refractivity contribution in [3.63, 3.8) is 0 Å². The Morgan fingerprint density at radius 3 is 2.39 bits per heavy atom. The van der Waals surface area contributed by atoms with Crippen molar-refractivity contribution in [2.75, 3.05) is 0 Å². The smallest absolute Gasteiger partial charge is 0.242 e. The minimum absolute atomic E-state index is 0.0245. The van der Waals surface area contributed by atoms with E-state index in [1.807, 2.05) is 68.4 Å². The van der Waals surface area contributed by atoms with Gasteiger partial charge in [0.2, 0.25) is 11.8 Å². The first-order valence-electron chi connectivity index (χ1n) is 10.2. The van der Waals surface area contributed by atoms with Crippen LogP contribution in [0, 0.1) is 6.92 Å². The summed E-state index contributed by atoms with van der Waals surface area (Å²) < 4.78 is 0. The molecule has 148 valence electrons. The summed E-state index contributed by atoms with van der Waals surface area (Å²) >= 11 is 0. The molecule has 1 atom stereocenters. The highest BCUT2D eigenvalue weighted by Crippen LogP contribution is 2.19. The van der Waals surface area contributed by atoms with Crippen molar-refractivity contribution in [1.29, 1.82) is 0 Å². The topological polar surface area (TPSA) is 49.4 Å².